The topological polar surface area (TPSA) is 70.2 Å². The van der Waals surface area contributed by atoms with Crippen LogP contribution in [-0.4, -0.2) is 40.8 Å². The summed E-state index contributed by atoms with van der Waals surface area (Å²) in [6.45, 7) is 1.04. The lowest BCUT2D eigenvalue weighted by Gasteiger charge is -2.21. The van der Waals surface area contributed by atoms with Gasteiger partial charge in [-0.15, -0.1) is 0 Å². The Morgan fingerprint density at radius 3 is 3.17 bits per heavy atom. The molecule has 126 valence electrons. The molecular weight excluding hydrogens is 304 g/mol. The minimum Gasteiger partial charge on any atom is -0.488 e. The molecule has 1 atom stereocenters. The van der Waals surface area contributed by atoms with E-state index in [1.165, 1.54) is 23.2 Å². The number of carbonyl (C=O) groups is 1. The van der Waals surface area contributed by atoms with Gasteiger partial charge in [-0.3, -0.25) is 5.10 Å². The highest BCUT2D eigenvalue weighted by molar-refractivity contribution is 5.73. The molecule has 4 rings (SSSR count). The second-order valence-corrected chi connectivity index (χ2v) is 6.57. The van der Waals surface area contributed by atoms with Gasteiger partial charge in [0.05, 0.1) is 18.8 Å². The maximum Gasteiger partial charge on any atom is 0.317 e. The Hall–Kier alpha value is -2.50. The number of carbonyl (C=O) groups excluding carboxylic acids is 1. The predicted molar refractivity (Wildman–Crippen MR) is 90.0 cm³/mol. The average molecular weight is 326 g/mol. The van der Waals surface area contributed by atoms with Crippen molar-refractivity contribution in [2.24, 2.45) is 0 Å². The molecule has 1 aromatic heterocycles. The van der Waals surface area contributed by atoms with E-state index in [1.807, 2.05) is 18.2 Å². The Kier molecular flexibility index (Phi) is 3.88. The second kappa shape index (κ2) is 6.19. The van der Waals surface area contributed by atoms with Gasteiger partial charge in [0.2, 0.25) is 0 Å². The van der Waals surface area contributed by atoms with Crippen molar-refractivity contribution in [1.29, 1.82) is 0 Å². The number of urea groups is 1. The van der Waals surface area contributed by atoms with Gasteiger partial charge >= 0.3 is 6.03 Å². The van der Waals surface area contributed by atoms with Crippen LogP contribution in [-0.2, 0) is 25.8 Å². The van der Waals surface area contributed by atoms with Crippen LogP contribution in [0.3, 0.4) is 0 Å². The predicted octanol–water partition coefficient (Wildman–Crippen LogP) is 2.04. The van der Waals surface area contributed by atoms with Crippen molar-refractivity contribution < 1.29 is 9.53 Å². The highest BCUT2D eigenvalue weighted by Gasteiger charge is 2.25. The summed E-state index contributed by atoms with van der Waals surface area (Å²) in [4.78, 5) is 14.0. The highest BCUT2D eigenvalue weighted by Crippen LogP contribution is 2.28. The molecule has 2 aliphatic rings. The Balaban J connectivity index is 1.29. The largest absolute Gasteiger partial charge is 0.488 e. The lowest BCUT2D eigenvalue weighted by Crippen LogP contribution is -2.42. The van der Waals surface area contributed by atoms with Crippen molar-refractivity contribution in [3.05, 3.63) is 46.8 Å². The fraction of sp³-hybridized carbons (Fsp3) is 0.444. The van der Waals surface area contributed by atoms with Gasteiger partial charge in [0.15, 0.2) is 0 Å². The van der Waals surface area contributed by atoms with Crippen LogP contribution < -0.4 is 10.1 Å². The van der Waals surface area contributed by atoms with Crippen LogP contribution in [0, 0.1) is 0 Å². The van der Waals surface area contributed by atoms with E-state index in [-0.39, 0.29) is 12.1 Å². The van der Waals surface area contributed by atoms with Crippen LogP contribution >= 0.6 is 0 Å². The van der Waals surface area contributed by atoms with Gasteiger partial charge in [-0.2, -0.15) is 5.10 Å². The molecular formula is C18H22N4O2. The van der Waals surface area contributed by atoms with Gasteiger partial charge in [0.25, 0.3) is 0 Å². The number of aromatic nitrogens is 2. The molecule has 2 N–H and O–H groups in total. The van der Waals surface area contributed by atoms with Crippen molar-refractivity contribution in [3.8, 4) is 5.75 Å². The molecule has 2 aromatic rings. The van der Waals surface area contributed by atoms with E-state index in [4.69, 9.17) is 4.74 Å². The lowest BCUT2D eigenvalue weighted by molar-refractivity contribution is 0.164. The van der Waals surface area contributed by atoms with Gasteiger partial charge < -0.3 is 15.0 Å². The third kappa shape index (κ3) is 2.84. The first-order valence-corrected chi connectivity index (χ1v) is 8.49. The summed E-state index contributed by atoms with van der Waals surface area (Å²) < 4.78 is 5.90. The number of benzene rings is 1. The van der Waals surface area contributed by atoms with Crippen LogP contribution in [0.15, 0.2) is 24.3 Å². The smallest absolute Gasteiger partial charge is 0.317 e. The normalized spacial score (nSPS) is 18.0. The number of likely N-dealkylation sites (N-methyl/N-ethyl adjacent to an activating group) is 1. The third-order valence-corrected chi connectivity index (χ3v) is 4.84. The highest BCUT2D eigenvalue weighted by atomic mass is 16.5. The number of hydrogen-bond donors (Lipinski definition) is 2. The Morgan fingerprint density at radius 2 is 2.29 bits per heavy atom. The quantitative estimate of drug-likeness (QED) is 0.903. The first kappa shape index (κ1) is 15.1. The molecule has 1 aromatic carbocycles. The SMILES string of the molecule is CN(CC1Cc2ccccc2O1)C(=O)NCc1n[nH]c2c1CCC2. The van der Waals surface area contributed by atoms with E-state index >= 15 is 0 Å². The number of aryl methyl sites for hydroxylation is 1. The molecule has 24 heavy (non-hydrogen) atoms. The summed E-state index contributed by atoms with van der Waals surface area (Å²) >= 11 is 0. The van der Waals surface area contributed by atoms with Gasteiger partial charge in [-0.25, -0.2) is 4.79 Å². The Morgan fingerprint density at radius 1 is 1.42 bits per heavy atom. The Labute approximate surface area is 141 Å². The first-order chi connectivity index (χ1) is 11.7. The van der Waals surface area contributed by atoms with Crippen LogP contribution in [0.2, 0.25) is 0 Å². The van der Waals surface area contributed by atoms with E-state index in [2.05, 4.69) is 21.6 Å². The van der Waals surface area contributed by atoms with E-state index < -0.39 is 0 Å². The minimum atomic E-state index is -0.0932. The van der Waals surface area contributed by atoms with Gasteiger partial charge in [-0.05, 0) is 36.5 Å². The molecule has 1 unspecified atom stereocenters. The van der Waals surface area contributed by atoms with E-state index in [0.29, 0.717) is 13.1 Å². The molecule has 1 aliphatic heterocycles. The molecule has 1 aliphatic carbocycles. The van der Waals surface area contributed by atoms with Crippen molar-refractivity contribution in [2.75, 3.05) is 13.6 Å². The maximum absolute atomic E-state index is 12.3. The monoisotopic (exact) mass is 326 g/mol. The lowest BCUT2D eigenvalue weighted by atomic mass is 10.1. The number of para-hydroxylation sites is 1. The molecule has 6 nitrogen and oxygen atoms in total. The summed E-state index contributed by atoms with van der Waals surface area (Å²) in [6.07, 6.45) is 4.16. The molecule has 6 heteroatoms. The number of fused-ring (bicyclic) bond motifs is 2. The zero-order chi connectivity index (χ0) is 16.5. The third-order valence-electron chi connectivity index (χ3n) is 4.84. The van der Waals surface area contributed by atoms with Crippen LogP contribution in [0.1, 0.15) is 28.9 Å². The molecule has 0 bridgehead atoms. The second-order valence-electron chi connectivity index (χ2n) is 6.57. The number of nitrogens with zero attached hydrogens (tertiary/aromatic N) is 2. The number of aromatic amines is 1. The Bertz CT molecular complexity index is 730. The van der Waals surface area contributed by atoms with E-state index in [9.17, 15) is 4.79 Å². The summed E-state index contributed by atoms with van der Waals surface area (Å²) in [5.74, 6) is 0.934. The number of rotatable bonds is 4. The van der Waals surface area contributed by atoms with Crippen molar-refractivity contribution in [3.63, 3.8) is 0 Å². The zero-order valence-electron chi connectivity index (χ0n) is 13.8. The van der Waals surface area contributed by atoms with Crippen LogP contribution in [0.4, 0.5) is 4.79 Å². The number of ether oxygens (including phenoxy) is 1. The molecule has 2 heterocycles. The summed E-state index contributed by atoms with van der Waals surface area (Å²) in [6, 6.07) is 7.95. The summed E-state index contributed by atoms with van der Waals surface area (Å²) in [7, 11) is 1.80. The fourth-order valence-electron chi connectivity index (χ4n) is 3.57. The average Bonchev–Trinajstić information content (AvgIpc) is 3.27. The maximum atomic E-state index is 12.3. The molecule has 2 amide bonds. The van der Waals surface area contributed by atoms with Crippen molar-refractivity contribution in [1.82, 2.24) is 20.4 Å². The minimum absolute atomic E-state index is 0.0211. The number of hydrogen-bond acceptors (Lipinski definition) is 3. The number of H-pyrrole nitrogens is 1. The van der Waals surface area contributed by atoms with Gasteiger partial charge in [-0.1, -0.05) is 18.2 Å². The molecule has 0 saturated carbocycles. The van der Waals surface area contributed by atoms with Crippen molar-refractivity contribution in [2.45, 2.75) is 38.3 Å². The van der Waals surface area contributed by atoms with Gasteiger partial charge in [0.1, 0.15) is 11.9 Å². The fourth-order valence-corrected chi connectivity index (χ4v) is 3.57. The van der Waals surface area contributed by atoms with Crippen LogP contribution in [0.5, 0.6) is 5.75 Å². The van der Waals surface area contributed by atoms with Crippen molar-refractivity contribution >= 4 is 6.03 Å². The number of nitrogens with one attached hydrogen (secondary N) is 2. The molecule has 0 fully saturated rings. The number of amides is 2. The summed E-state index contributed by atoms with van der Waals surface area (Å²) in [5, 5.41) is 10.3. The van der Waals surface area contributed by atoms with E-state index in [1.54, 1.807) is 11.9 Å². The standard InChI is InChI=1S/C18H22N4O2/c1-22(11-13-9-12-5-2-3-8-17(12)24-13)18(23)19-10-16-14-6-4-7-15(14)20-21-16/h2-3,5,8,13H,4,6-7,9-11H2,1H3,(H,19,23)(H,20,21). The zero-order valence-corrected chi connectivity index (χ0v) is 13.8. The van der Waals surface area contributed by atoms with E-state index in [0.717, 1.165) is 30.7 Å². The summed E-state index contributed by atoms with van der Waals surface area (Å²) in [5.41, 5.74) is 4.69. The van der Waals surface area contributed by atoms with Crippen LogP contribution in [0.25, 0.3) is 0 Å². The molecule has 0 radical (unpaired) electrons. The van der Waals surface area contributed by atoms with Gasteiger partial charge in [0, 0.05) is 19.2 Å². The molecule has 0 spiro atoms. The molecule has 0 saturated heterocycles. The first-order valence-electron chi connectivity index (χ1n) is 8.49.